The van der Waals surface area contributed by atoms with Crippen molar-refractivity contribution in [2.45, 2.75) is 6.61 Å². The van der Waals surface area contributed by atoms with Gasteiger partial charge < -0.3 is 10.5 Å². The molecule has 21 heavy (non-hydrogen) atoms. The van der Waals surface area contributed by atoms with E-state index in [0.29, 0.717) is 5.02 Å². The fourth-order valence-electron chi connectivity index (χ4n) is 1.90. The lowest BCUT2D eigenvalue weighted by molar-refractivity contribution is 0.0474. The molecule has 6 heteroatoms. The molecule has 0 amide bonds. The number of hydrogen-bond donors (Lipinski definition) is 1. The highest BCUT2D eigenvalue weighted by Crippen LogP contribution is 2.25. The lowest BCUT2D eigenvalue weighted by atomic mass is 10.2. The van der Waals surface area contributed by atoms with Gasteiger partial charge in [-0.05, 0) is 24.3 Å². The van der Waals surface area contributed by atoms with Gasteiger partial charge in [0.05, 0.1) is 26.5 Å². The standard InChI is InChI=1S/C15H11ClN2O2S/c16-10-5-3-4-9(14(10)17)15(19)20-8-13-18-11-6-1-2-7-12(11)21-13/h1-7H,8,17H2. The summed E-state index contributed by atoms with van der Waals surface area (Å²) in [5.41, 5.74) is 7.16. The van der Waals surface area contributed by atoms with Crippen molar-refractivity contribution in [3.05, 3.63) is 58.1 Å². The van der Waals surface area contributed by atoms with Crippen molar-refractivity contribution >= 4 is 44.8 Å². The molecule has 0 radical (unpaired) electrons. The van der Waals surface area contributed by atoms with E-state index in [1.807, 2.05) is 24.3 Å². The quantitative estimate of drug-likeness (QED) is 0.587. The number of fused-ring (bicyclic) bond motifs is 1. The highest BCUT2D eigenvalue weighted by Gasteiger charge is 2.14. The third-order valence-corrected chi connectivity index (χ3v) is 4.28. The lowest BCUT2D eigenvalue weighted by Crippen LogP contribution is -2.08. The van der Waals surface area contributed by atoms with Crippen molar-refractivity contribution < 1.29 is 9.53 Å². The molecule has 0 aliphatic heterocycles. The van der Waals surface area contributed by atoms with E-state index in [1.165, 1.54) is 11.3 Å². The Kier molecular flexibility index (Phi) is 3.77. The number of ether oxygens (including phenoxy) is 1. The molecule has 1 aromatic heterocycles. The number of aromatic nitrogens is 1. The molecule has 2 N–H and O–H groups in total. The number of anilines is 1. The molecule has 0 aliphatic carbocycles. The van der Waals surface area contributed by atoms with E-state index in [9.17, 15) is 4.79 Å². The number of hydrogen-bond acceptors (Lipinski definition) is 5. The summed E-state index contributed by atoms with van der Waals surface area (Å²) in [5, 5.41) is 1.08. The highest BCUT2D eigenvalue weighted by molar-refractivity contribution is 7.18. The molecule has 3 rings (SSSR count). The van der Waals surface area contributed by atoms with E-state index in [0.717, 1.165) is 15.2 Å². The van der Waals surface area contributed by atoms with Gasteiger partial charge in [0, 0.05) is 0 Å². The van der Waals surface area contributed by atoms with Crippen LogP contribution in [0.3, 0.4) is 0 Å². The van der Waals surface area contributed by atoms with Gasteiger partial charge in [-0.2, -0.15) is 0 Å². The number of para-hydroxylation sites is 2. The summed E-state index contributed by atoms with van der Waals surface area (Å²) in [6, 6.07) is 12.6. The van der Waals surface area contributed by atoms with Crippen molar-refractivity contribution in [1.82, 2.24) is 4.98 Å². The monoisotopic (exact) mass is 318 g/mol. The minimum atomic E-state index is -0.505. The fraction of sp³-hybridized carbons (Fsp3) is 0.0667. The van der Waals surface area contributed by atoms with Crippen LogP contribution < -0.4 is 5.73 Å². The van der Waals surface area contributed by atoms with Gasteiger partial charge in [0.15, 0.2) is 0 Å². The average molecular weight is 319 g/mol. The van der Waals surface area contributed by atoms with Crippen LogP contribution in [0.15, 0.2) is 42.5 Å². The number of nitrogens with two attached hydrogens (primary N) is 1. The molecule has 0 spiro atoms. The molecule has 0 fully saturated rings. The maximum atomic E-state index is 12.0. The summed E-state index contributed by atoms with van der Waals surface area (Å²) in [4.78, 5) is 16.4. The van der Waals surface area contributed by atoms with Crippen LogP contribution in [-0.4, -0.2) is 11.0 Å². The van der Waals surface area contributed by atoms with Crippen molar-refractivity contribution in [1.29, 1.82) is 0 Å². The minimum Gasteiger partial charge on any atom is -0.455 e. The number of benzene rings is 2. The van der Waals surface area contributed by atoms with Gasteiger partial charge in [-0.25, -0.2) is 9.78 Å². The second-order valence-corrected chi connectivity index (χ2v) is 5.87. The average Bonchev–Trinajstić information content (AvgIpc) is 2.90. The molecule has 2 aromatic carbocycles. The molecule has 3 aromatic rings. The molecule has 0 saturated carbocycles. The van der Waals surface area contributed by atoms with E-state index in [4.69, 9.17) is 22.1 Å². The summed E-state index contributed by atoms with van der Waals surface area (Å²) < 4.78 is 6.31. The molecule has 0 bridgehead atoms. The maximum absolute atomic E-state index is 12.0. The second kappa shape index (κ2) is 5.71. The Morgan fingerprint density at radius 1 is 1.24 bits per heavy atom. The highest BCUT2D eigenvalue weighted by atomic mass is 35.5. The number of rotatable bonds is 3. The fourth-order valence-corrected chi connectivity index (χ4v) is 2.96. The summed E-state index contributed by atoms with van der Waals surface area (Å²) in [6.45, 7) is 0.115. The smallest absolute Gasteiger partial charge is 0.340 e. The van der Waals surface area contributed by atoms with Gasteiger partial charge in [0.2, 0.25) is 0 Å². The van der Waals surface area contributed by atoms with Crippen LogP contribution in [0.1, 0.15) is 15.4 Å². The lowest BCUT2D eigenvalue weighted by Gasteiger charge is -2.06. The van der Waals surface area contributed by atoms with Crippen LogP contribution in [0, 0.1) is 0 Å². The second-order valence-electron chi connectivity index (χ2n) is 4.35. The summed E-state index contributed by atoms with van der Waals surface area (Å²) in [7, 11) is 0. The molecule has 0 aliphatic rings. The third-order valence-electron chi connectivity index (χ3n) is 2.94. The topological polar surface area (TPSA) is 65.2 Å². The van der Waals surface area contributed by atoms with Crippen LogP contribution in [0.4, 0.5) is 5.69 Å². The van der Waals surface area contributed by atoms with Gasteiger partial charge in [-0.15, -0.1) is 11.3 Å². The van der Waals surface area contributed by atoms with E-state index < -0.39 is 5.97 Å². The van der Waals surface area contributed by atoms with Gasteiger partial charge in [0.25, 0.3) is 0 Å². The molecular weight excluding hydrogens is 308 g/mol. The number of nitrogen functional groups attached to an aromatic ring is 1. The molecule has 0 saturated heterocycles. The Hall–Kier alpha value is -2.11. The Morgan fingerprint density at radius 3 is 2.86 bits per heavy atom. The van der Waals surface area contributed by atoms with Crippen LogP contribution >= 0.6 is 22.9 Å². The Bertz CT molecular complexity index is 783. The van der Waals surface area contributed by atoms with Gasteiger partial charge in [-0.3, -0.25) is 0 Å². The van der Waals surface area contributed by atoms with E-state index in [-0.39, 0.29) is 17.9 Å². The third kappa shape index (κ3) is 2.84. The van der Waals surface area contributed by atoms with Gasteiger partial charge >= 0.3 is 5.97 Å². The zero-order valence-corrected chi connectivity index (χ0v) is 12.4. The summed E-state index contributed by atoms with van der Waals surface area (Å²) in [5.74, 6) is -0.505. The van der Waals surface area contributed by atoms with Crippen LogP contribution in [0.2, 0.25) is 5.02 Å². The SMILES string of the molecule is Nc1c(Cl)cccc1C(=O)OCc1nc2ccccc2s1. The maximum Gasteiger partial charge on any atom is 0.340 e. The number of thiazole rings is 1. The molecule has 106 valence electrons. The predicted molar refractivity (Wildman–Crippen MR) is 84.6 cm³/mol. The number of nitrogens with zero attached hydrogens (tertiary/aromatic N) is 1. The van der Waals surface area contributed by atoms with Crippen molar-refractivity contribution in [3.63, 3.8) is 0 Å². The minimum absolute atomic E-state index is 0.115. The zero-order valence-electron chi connectivity index (χ0n) is 10.9. The first-order valence-corrected chi connectivity index (χ1v) is 7.40. The number of halogens is 1. The van der Waals surface area contributed by atoms with Crippen molar-refractivity contribution in [3.8, 4) is 0 Å². The number of carbonyl (C=O) groups is 1. The van der Waals surface area contributed by atoms with Crippen LogP contribution in [0.5, 0.6) is 0 Å². The summed E-state index contributed by atoms with van der Waals surface area (Å²) in [6.07, 6.45) is 0. The summed E-state index contributed by atoms with van der Waals surface area (Å²) >= 11 is 7.38. The Labute approximate surface area is 130 Å². The normalized spacial score (nSPS) is 10.7. The van der Waals surface area contributed by atoms with Gasteiger partial charge in [-0.1, -0.05) is 29.8 Å². The number of esters is 1. The van der Waals surface area contributed by atoms with Gasteiger partial charge in [0.1, 0.15) is 11.6 Å². The Balaban J connectivity index is 1.75. The molecule has 0 unspecified atom stereocenters. The molecule has 1 heterocycles. The van der Waals surface area contributed by atoms with Crippen LogP contribution in [0.25, 0.3) is 10.2 Å². The predicted octanol–water partition coefficient (Wildman–Crippen LogP) is 3.89. The molecule has 0 atom stereocenters. The first kappa shape index (κ1) is 13.9. The largest absolute Gasteiger partial charge is 0.455 e. The van der Waals surface area contributed by atoms with E-state index in [2.05, 4.69) is 4.98 Å². The van der Waals surface area contributed by atoms with Crippen molar-refractivity contribution in [2.75, 3.05) is 5.73 Å². The number of carbonyl (C=O) groups excluding carboxylic acids is 1. The Morgan fingerprint density at radius 2 is 2.05 bits per heavy atom. The zero-order chi connectivity index (χ0) is 14.8. The first-order valence-electron chi connectivity index (χ1n) is 6.20. The molecular formula is C15H11ClN2O2S. The van der Waals surface area contributed by atoms with E-state index in [1.54, 1.807) is 18.2 Å². The van der Waals surface area contributed by atoms with Crippen LogP contribution in [-0.2, 0) is 11.3 Å². The first-order chi connectivity index (χ1) is 10.1. The van der Waals surface area contributed by atoms with E-state index >= 15 is 0 Å². The van der Waals surface area contributed by atoms with Crippen molar-refractivity contribution in [2.24, 2.45) is 0 Å². The molecule has 4 nitrogen and oxygen atoms in total.